The molecule has 0 saturated carbocycles. The molecule has 3 rings (SSSR count). The molecule has 6 heteroatoms. The molecule has 0 unspecified atom stereocenters. The van der Waals surface area contributed by atoms with E-state index in [2.05, 4.69) is 28.3 Å². The van der Waals surface area contributed by atoms with Crippen LogP contribution in [0.15, 0.2) is 17.5 Å². The number of rotatable bonds is 6. The Balaban J connectivity index is 1.45. The van der Waals surface area contributed by atoms with Crippen molar-refractivity contribution < 1.29 is 9.84 Å². The summed E-state index contributed by atoms with van der Waals surface area (Å²) in [5.74, 6) is 1.10. The highest BCUT2D eigenvalue weighted by Crippen LogP contribution is 2.17. The van der Waals surface area contributed by atoms with Crippen LogP contribution in [-0.4, -0.2) is 45.4 Å². The quantitative estimate of drug-likeness (QED) is 0.883. The van der Waals surface area contributed by atoms with Crippen molar-refractivity contribution in [1.29, 1.82) is 0 Å². The Hall–Kier alpha value is -1.21. The number of aryl methyl sites for hydroxylation is 1. The zero-order chi connectivity index (χ0) is 15.5. The molecule has 0 aliphatic carbocycles. The minimum absolute atomic E-state index is 0.376. The minimum atomic E-state index is -0.455. The van der Waals surface area contributed by atoms with Crippen molar-refractivity contribution in [2.45, 2.75) is 39.6 Å². The number of fused-ring (bicyclic) bond motifs is 1. The number of hydrogen-bond donors (Lipinski definition) is 1. The maximum absolute atomic E-state index is 10.1. The Morgan fingerprint density at radius 3 is 3.05 bits per heavy atom. The first kappa shape index (κ1) is 15.7. The van der Waals surface area contributed by atoms with E-state index >= 15 is 0 Å². The first-order valence-corrected chi connectivity index (χ1v) is 8.54. The molecule has 1 aliphatic rings. The van der Waals surface area contributed by atoms with Crippen LogP contribution in [0, 0.1) is 13.8 Å². The summed E-state index contributed by atoms with van der Waals surface area (Å²) in [5, 5.41) is 12.2. The maximum Gasteiger partial charge on any atom is 0.123 e. The number of thiophene rings is 1. The molecule has 2 aromatic rings. The summed E-state index contributed by atoms with van der Waals surface area (Å²) in [6, 6.07) is 4.06. The van der Waals surface area contributed by atoms with Crippen LogP contribution < -0.4 is 0 Å². The topological polar surface area (TPSA) is 50.5 Å². The lowest BCUT2D eigenvalue weighted by Gasteiger charge is -2.29. The van der Waals surface area contributed by atoms with Gasteiger partial charge in [0.2, 0.25) is 0 Å². The van der Waals surface area contributed by atoms with Crippen LogP contribution in [0.2, 0.25) is 0 Å². The van der Waals surface area contributed by atoms with Gasteiger partial charge in [0.15, 0.2) is 0 Å². The third kappa shape index (κ3) is 3.57. The normalized spacial score (nSPS) is 16.7. The largest absolute Gasteiger partial charge is 0.389 e. The first-order chi connectivity index (χ1) is 10.6. The Morgan fingerprint density at radius 2 is 2.27 bits per heavy atom. The molecule has 0 saturated heterocycles. The van der Waals surface area contributed by atoms with E-state index in [1.165, 1.54) is 10.6 Å². The van der Waals surface area contributed by atoms with Gasteiger partial charge in [0.1, 0.15) is 5.82 Å². The van der Waals surface area contributed by atoms with Crippen molar-refractivity contribution in [3.63, 3.8) is 0 Å². The minimum Gasteiger partial charge on any atom is -0.389 e. The number of aromatic nitrogens is 2. The second-order valence-corrected chi connectivity index (χ2v) is 6.87. The van der Waals surface area contributed by atoms with E-state index in [1.54, 1.807) is 11.3 Å². The number of hydrogen-bond acceptors (Lipinski definition) is 5. The molecule has 1 atom stereocenters. The van der Waals surface area contributed by atoms with Crippen molar-refractivity contribution in [2.75, 3.05) is 19.7 Å². The Kier molecular flexibility index (Phi) is 4.93. The fourth-order valence-corrected chi connectivity index (χ4v) is 3.50. The number of ether oxygens (including phenoxy) is 1. The Bertz CT molecular complexity index is 609. The van der Waals surface area contributed by atoms with E-state index in [1.807, 2.05) is 17.5 Å². The molecule has 0 bridgehead atoms. The third-order valence-corrected chi connectivity index (χ3v) is 5.00. The molecule has 0 amide bonds. The molecule has 1 N–H and O–H groups in total. The molecular weight excluding hydrogens is 298 g/mol. The maximum atomic E-state index is 10.1. The molecule has 0 aromatic carbocycles. The van der Waals surface area contributed by atoms with Crippen molar-refractivity contribution >= 4 is 11.3 Å². The molecule has 0 radical (unpaired) electrons. The van der Waals surface area contributed by atoms with E-state index < -0.39 is 6.10 Å². The van der Waals surface area contributed by atoms with E-state index in [4.69, 9.17) is 4.74 Å². The number of imidazole rings is 1. The first-order valence-electron chi connectivity index (χ1n) is 7.66. The summed E-state index contributed by atoms with van der Waals surface area (Å²) in [6.07, 6.45) is -0.455. The van der Waals surface area contributed by atoms with Gasteiger partial charge in [-0.25, -0.2) is 4.98 Å². The zero-order valence-electron chi connectivity index (χ0n) is 13.2. The van der Waals surface area contributed by atoms with Crippen LogP contribution in [0.4, 0.5) is 0 Å². The molecule has 1 aliphatic heterocycles. The van der Waals surface area contributed by atoms with Crippen LogP contribution in [0.25, 0.3) is 0 Å². The van der Waals surface area contributed by atoms with E-state index in [9.17, 15) is 5.11 Å². The lowest BCUT2D eigenvalue weighted by molar-refractivity contribution is 0.00610. The molecule has 22 heavy (non-hydrogen) atoms. The monoisotopic (exact) mass is 321 g/mol. The van der Waals surface area contributed by atoms with Gasteiger partial charge < -0.3 is 14.4 Å². The van der Waals surface area contributed by atoms with Gasteiger partial charge in [-0.05, 0) is 25.3 Å². The summed E-state index contributed by atoms with van der Waals surface area (Å²) in [7, 11) is 0. The second-order valence-electron chi connectivity index (χ2n) is 5.83. The predicted molar refractivity (Wildman–Crippen MR) is 87.0 cm³/mol. The van der Waals surface area contributed by atoms with Crippen molar-refractivity contribution in [1.82, 2.24) is 14.5 Å². The smallest absolute Gasteiger partial charge is 0.123 e. The highest BCUT2D eigenvalue weighted by atomic mass is 32.1. The molecule has 2 aromatic heterocycles. The van der Waals surface area contributed by atoms with E-state index in [-0.39, 0.29) is 0 Å². The van der Waals surface area contributed by atoms with Gasteiger partial charge in [-0.2, -0.15) is 0 Å². The summed E-state index contributed by atoms with van der Waals surface area (Å²) in [5.41, 5.74) is 2.37. The van der Waals surface area contributed by atoms with Gasteiger partial charge in [0.25, 0.3) is 0 Å². The van der Waals surface area contributed by atoms with Crippen LogP contribution in [0.1, 0.15) is 22.1 Å². The zero-order valence-corrected chi connectivity index (χ0v) is 14.0. The second kappa shape index (κ2) is 6.91. The Labute approximate surface area is 135 Å². The molecule has 3 heterocycles. The van der Waals surface area contributed by atoms with Gasteiger partial charge in [-0.15, -0.1) is 11.3 Å². The predicted octanol–water partition coefficient (Wildman–Crippen LogP) is 1.95. The molecular formula is C16H23N3O2S. The lowest BCUT2D eigenvalue weighted by atomic mass is 10.3. The van der Waals surface area contributed by atoms with Gasteiger partial charge in [0, 0.05) is 30.2 Å². The van der Waals surface area contributed by atoms with Crippen LogP contribution in [0.5, 0.6) is 0 Å². The highest BCUT2D eigenvalue weighted by Gasteiger charge is 2.22. The average molecular weight is 321 g/mol. The summed E-state index contributed by atoms with van der Waals surface area (Å²) in [6.45, 7) is 8.47. The Morgan fingerprint density at radius 1 is 1.41 bits per heavy atom. The molecule has 0 fully saturated rings. The number of nitrogens with zero attached hydrogens (tertiary/aromatic N) is 3. The average Bonchev–Trinajstić information content (AvgIpc) is 3.08. The number of β-amino-alcohol motifs (C(OH)–C–C–N with tert-alkyl or cyclic N) is 1. The number of aliphatic hydroxyl groups excluding tert-OH is 1. The lowest BCUT2D eigenvalue weighted by Crippen LogP contribution is -2.40. The fraction of sp³-hybridized carbons (Fsp3) is 0.562. The molecule has 0 spiro atoms. The molecule has 5 nitrogen and oxygen atoms in total. The van der Waals surface area contributed by atoms with Gasteiger partial charge in [-0.3, -0.25) is 4.90 Å². The SMILES string of the molecule is Cc1nc2n(c1C)CCN(C[C@@H](O)COCc1cccs1)C2. The molecule has 120 valence electrons. The van der Waals surface area contributed by atoms with Gasteiger partial charge in [0.05, 0.1) is 31.6 Å². The van der Waals surface area contributed by atoms with Crippen LogP contribution >= 0.6 is 11.3 Å². The van der Waals surface area contributed by atoms with Crippen molar-refractivity contribution in [3.8, 4) is 0 Å². The van der Waals surface area contributed by atoms with E-state index in [0.717, 1.165) is 31.2 Å². The van der Waals surface area contributed by atoms with Crippen LogP contribution in [0.3, 0.4) is 0 Å². The highest BCUT2D eigenvalue weighted by molar-refractivity contribution is 7.09. The van der Waals surface area contributed by atoms with Crippen molar-refractivity contribution in [2.24, 2.45) is 0 Å². The van der Waals surface area contributed by atoms with Gasteiger partial charge in [-0.1, -0.05) is 6.07 Å². The summed E-state index contributed by atoms with van der Waals surface area (Å²) in [4.78, 5) is 8.06. The van der Waals surface area contributed by atoms with Crippen LogP contribution in [-0.2, 0) is 24.4 Å². The fourth-order valence-electron chi connectivity index (χ4n) is 2.86. The third-order valence-electron chi connectivity index (χ3n) is 4.15. The van der Waals surface area contributed by atoms with E-state index in [0.29, 0.717) is 19.8 Å². The standard InChI is InChI=1S/C16H23N3O2S/c1-12-13(2)19-6-5-18(9-16(19)17-12)8-14(20)10-21-11-15-4-3-7-22-15/h3-4,7,14,20H,5-6,8-11H2,1-2H3/t14-/m1/s1. The number of aliphatic hydroxyl groups is 1. The van der Waals surface area contributed by atoms with Gasteiger partial charge >= 0.3 is 0 Å². The van der Waals surface area contributed by atoms with Crippen molar-refractivity contribution in [3.05, 3.63) is 39.6 Å². The summed E-state index contributed by atoms with van der Waals surface area (Å²) < 4.78 is 7.87. The summed E-state index contributed by atoms with van der Waals surface area (Å²) >= 11 is 1.68.